The first kappa shape index (κ1) is 20.1. The maximum absolute atomic E-state index is 6.14. The average Bonchev–Trinajstić information content (AvgIpc) is 3.08. The van der Waals surface area contributed by atoms with E-state index in [4.69, 9.17) is 33.2 Å². The Hall–Kier alpha value is -2.64. The molecule has 2 aromatic rings. The van der Waals surface area contributed by atoms with Gasteiger partial charge in [0, 0.05) is 19.1 Å². The lowest BCUT2D eigenvalue weighted by Gasteiger charge is -2.17. The SMILES string of the molecule is COc1cc2c(cc1OC)C(OC)OC2Cc1cc(OC)c(OC)c(OC)c1. The van der Waals surface area contributed by atoms with Crippen molar-refractivity contribution in [3.63, 3.8) is 0 Å². The topological polar surface area (TPSA) is 64.6 Å². The van der Waals surface area contributed by atoms with E-state index in [1.807, 2.05) is 24.3 Å². The quantitative estimate of drug-likeness (QED) is 0.681. The summed E-state index contributed by atoms with van der Waals surface area (Å²) in [4.78, 5) is 0. The smallest absolute Gasteiger partial charge is 0.203 e. The lowest BCUT2D eigenvalue weighted by atomic mass is 9.98. The highest BCUT2D eigenvalue weighted by atomic mass is 16.7. The van der Waals surface area contributed by atoms with Crippen LogP contribution in [0.5, 0.6) is 28.7 Å². The van der Waals surface area contributed by atoms with E-state index >= 15 is 0 Å². The largest absolute Gasteiger partial charge is 0.493 e. The first-order chi connectivity index (χ1) is 13.6. The van der Waals surface area contributed by atoms with Crippen LogP contribution >= 0.6 is 0 Å². The summed E-state index contributed by atoms with van der Waals surface area (Å²) in [7, 11) is 9.62. The van der Waals surface area contributed by atoms with Gasteiger partial charge in [0.2, 0.25) is 5.75 Å². The molecule has 0 saturated heterocycles. The van der Waals surface area contributed by atoms with Gasteiger partial charge < -0.3 is 33.2 Å². The van der Waals surface area contributed by atoms with Gasteiger partial charge in [-0.05, 0) is 35.4 Å². The first-order valence-corrected chi connectivity index (χ1v) is 8.83. The molecular formula is C21H26O7. The summed E-state index contributed by atoms with van der Waals surface area (Å²) in [5.41, 5.74) is 2.91. The lowest BCUT2D eigenvalue weighted by molar-refractivity contribution is -0.142. The third kappa shape index (κ3) is 3.55. The Bertz CT molecular complexity index is 809. The Morgan fingerprint density at radius 1 is 0.679 bits per heavy atom. The van der Waals surface area contributed by atoms with Gasteiger partial charge in [0.05, 0.1) is 41.7 Å². The van der Waals surface area contributed by atoms with Gasteiger partial charge in [-0.1, -0.05) is 0 Å². The number of benzene rings is 2. The van der Waals surface area contributed by atoms with Crippen molar-refractivity contribution in [2.24, 2.45) is 0 Å². The van der Waals surface area contributed by atoms with E-state index in [-0.39, 0.29) is 6.10 Å². The van der Waals surface area contributed by atoms with Crippen LogP contribution in [0.15, 0.2) is 24.3 Å². The van der Waals surface area contributed by atoms with Crippen molar-refractivity contribution in [1.29, 1.82) is 0 Å². The molecule has 2 aromatic carbocycles. The second-order valence-electron chi connectivity index (χ2n) is 6.27. The van der Waals surface area contributed by atoms with E-state index in [2.05, 4.69) is 0 Å². The van der Waals surface area contributed by atoms with Crippen molar-refractivity contribution in [1.82, 2.24) is 0 Å². The van der Waals surface area contributed by atoms with Crippen LogP contribution in [-0.4, -0.2) is 42.7 Å². The molecule has 0 radical (unpaired) electrons. The number of hydrogen-bond acceptors (Lipinski definition) is 7. The fraction of sp³-hybridized carbons (Fsp3) is 0.429. The standard InChI is InChI=1S/C21H26O7/c1-22-16-10-13-14(11-17(16)23-2)21(27-6)28-15(13)7-12-8-18(24-3)20(26-5)19(9-12)25-4/h8-11,15,21H,7H2,1-6H3. The molecule has 3 rings (SSSR count). The molecule has 0 saturated carbocycles. The summed E-state index contributed by atoms with van der Waals surface area (Å²) in [6.45, 7) is 0. The first-order valence-electron chi connectivity index (χ1n) is 8.83. The zero-order valence-electron chi connectivity index (χ0n) is 17.0. The fourth-order valence-corrected chi connectivity index (χ4v) is 3.50. The van der Waals surface area contributed by atoms with Gasteiger partial charge in [-0.3, -0.25) is 0 Å². The van der Waals surface area contributed by atoms with E-state index in [1.165, 1.54) is 0 Å². The fourth-order valence-electron chi connectivity index (χ4n) is 3.50. The normalized spacial score (nSPS) is 17.8. The van der Waals surface area contributed by atoms with Crippen molar-refractivity contribution >= 4 is 0 Å². The maximum Gasteiger partial charge on any atom is 0.203 e. The molecule has 0 fully saturated rings. The summed E-state index contributed by atoms with van der Waals surface area (Å²) in [6, 6.07) is 7.68. The number of methoxy groups -OCH3 is 6. The molecule has 2 atom stereocenters. The van der Waals surface area contributed by atoms with Crippen molar-refractivity contribution in [2.45, 2.75) is 18.8 Å². The van der Waals surface area contributed by atoms with Gasteiger partial charge in [0.25, 0.3) is 0 Å². The lowest BCUT2D eigenvalue weighted by Crippen LogP contribution is -2.05. The minimum atomic E-state index is -0.471. The summed E-state index contributed by atoms with van der Waals surface area (Å²) in [5, 5.41) is 0. The van der Waals surface area contributed by atoms with E-state index < -0.39 is 6.29 Å². The number of hydrogen-bond donors (Lipinski definition) is 0. The van der Waals surface area contributed by atoms with Crippen molar-refractivity contribution in [2.75, 3.05) is 42.7 Å². The van der Waals surface area contributed by atoms with Crippen molar-refractivity contribution < 1.29 is 33.2 Å². The van der Waals surface area contributed by atoms with Gasteiger partial charge >= 0.3 is 0 Å². The third-order valence-electron chi connectivity index (χ3n) is 4.84. The van der Waals surface area contributed by atoms with E-state index in [9.17, 15) is 0 Å². The molecule has 0 bridgehead atoms. The molecule has 1 aliphatic rings. The predicted molar refractivity (Wildman–Crippen MR) is 103 cm³/mol. The van der Waals surface area contributed by atoms with Crippen LogP contribution in [0.2, 0.25) is 0 Å². The predicted octanol–water partition coefficient (Wildman–Crippen LogP) is 3.69. The molecular weight excluding hydrogens is 364 g/mol. The van der Waals surface area contributed by atoms with Crippen LogP contribution in [-0.2, 0) is 15.9 Å². The summed E-state index contributed by atoms with van der Waals surface area (Å²) in [6.07, 6.45) is -0.0941. The van der Waals surface area contributed by atoms with Crippen LogP contribution in [0.3, 0.4) is 0 Å². The molecule has 0 aliphatic carbocycles. The second kappa shape index (κ2) is 8.58. The van der Waals surface area contributed by atoms with Gasteiger partial charge in [0.15, 0.2) is 29.3 Å². The zero-order valence-corrected chi connectivity index (χ0v) is 17.0. The van der Waals surface area contributed by atoms with E-state index in [0.29, 0.717) is 35.2 Å². The highest BCUT2D eigenvalue weighted by Crippen LogP contribution is 2.47. The molecule has 0 amide bonds. The highest BCUT2D eigenvalue weighted by Gasteiger charge is 2.34. The Kier molecular flexibility index (Phi) is 6.16. The number of ether oxygens (including phenoxy) is 7. The van der Waals surface area contributed by atoms with Gasteiger partial charge in [-0.15, -0.1) is 0 Å². The molecule has 1 heterocycles. The summed E-state index contributed by atoms with van der Waals surface area (Å²) < 4.78 is 38.8. The van der Waals surface area contributed by atoms with E-state index in [1.54, 1.807) is 42.7 Å². The van der Waals surface area contributed by atoms with Crippen LogP contribution in [0.4, 0.5) is 0 Å². The van der Waals surface area contributed by atoms with Crippen LogP contribution in [0.25, 0.3) is 0 Å². The molecule has 0 spiro atoms. The van der Waals surface area contributed by atoms with Crippen molar-refractivity contribution in [3.8, 4) is 28.7 Å². The molecule has 2 unspecified atom stereocenters. The zero-order chi connectivity index (χ0) is 20.3. The van der Waals surface area contributed by atoms with Crippen LogP contribution in [0.1, 0.15) is 29.1 Å². The Balaban J connectivity index is 1.99. The molecule has 0 N–H and O–H groups in total. The van der Waals surface area contributed by atoms with Gasteiger partial charge in [0.1, 0.15) is 0 Å². The van der Waals surface area contributed by atoms with Crippen LogP contribution in [0, 0.1) is 0 Å². The van der Waals surface area contributed by atoms with E-state index in [0.717, 1.165) is 16.7 Å². The minimum absolute atomic E-state index is 0.220. The molecule has 0 aromatic heterocycles. The van der Waals surface area contributed by atoms with Crippen LogP contribution < -0.4 is 23.7 Å². The molecule has 152 valence electrons. The molecule has 7 nitrogen and oxygen atoms in total. The summed E-state index contributed by atoms with van der Waals surface area (Å²) >= 11 is 0. The Labute approximate surface area is 165 Å². The number of rotatable bonds is 8. The van der Waals surface area contributed by atoms with Gasteiger partial charge in [-0.25, -0.2) is 0 Å². The molecule has 1 aliphatic heterocycles. The maximum atomic E-state index is 6.14. The number of fused-ring (bicyclic) bond motifs is 1. The molecule has 7 heteroatoms. The van der Waals surface area contributed by atoms with Crippen molar-refractivity contribution in [3.05, 3.63) is 41.0 Å². The Morgan fingerprint density at radius 2 is 1.21 bits per heavy atom. The Morgan fingerprint density at radius 3 is 1.68 bits per heavy atom. The summed E-state index contributed by atoms with van der Waals surface area (Å²) in [5.74, 6) is 3.05. The average molecular weight is 390 g/mol. The monoisotopic (exact) mass is 390 g/mol. The minimum Gasteiger partial charge on any atom is -0.493 e. The molecule has 28 heavy (non-hydrogen) atoms. The van der Waals surface area contributed by atoms with Gasteiger partial charge in [-0.2, -0.15) is 0 Å². The third-order valence-corrected chi connectivity index (χ3v) is 4.84. The highest BCUT2D eigenvalue weighted by molar-refractivity contribution is 5.55. The second-order valence-corrected chi connectivity index (χ2v) is 6.27.